The van der Waals surface area contributed by atoms with Crippen LogP contribution in [0, 0.1) is 0 Å². The molecule has 3 aromatic carbocycles. The summed E-state index contributed by atoms with van der Waals surface area (Å²) in [5, 5.41) is 7.07. The number of primary amides is 1. The summed E-state index contributed by atoms with van der Waals surface area (Å²) >= 11 is 6.63. The van der Waals surface area contributed by atoms with Crippen molar-refractivity contribution in [3.8, 4) is 5.69 Å². The summed E-state index contributed by atoms with van der Waals surface area (Å²) in [4.78, 5) is 41.9. The molecule has 0 saturated carbocycles. The average molecular weight is 573 g/mol. The van der Waals surface area contributed by atoms with Gasteiger partial charge in [0.15, 0.2) is 0 Å². The van der Waals surface area contributed by atoms with Gasteiger partial charge in [0.2, 0.25) is 5.91 Å². The van der Waals surface area contributed by atoms with Crippen LogP contribution in [-0.4, -0.2) is 58.3 Å². The molecule has 1 aromatic heterocycles. The monoisotopic (exact) mass is 572 g/mol. The van der Waals surface area contributed by atoms with E-state index in [1.54, 1.807) is 51.1 Å². The topological polar surface area (TPSA) is 123 Å². The number of nitrogens with two attached hydrogens (primary N) is 1. The summed E-state index contributed by atoms with van der Waals surface area (Å²) in [6, 6.07) is 23.0. The van der Waals surface area contributed by atoms with Crippen molar-refractivity contribution >= 4 is 35.1 Å². The molecule has 10 nitrogen and oxygen atoms in total. The van der Waals surface area contributed by atoms with E-state index in [1.807, 2.05) is 54.6 Å². The van der Waals surface area contributed by atoms with E-state index in [0.29, 0.717) is 17.9 Å². The first-order chi connectivity index (χ1) is 19.9. The van der Waals surface area contributed by atoms with Crippen molar-refractivity contribution in [2.45, 2.75) is 19.2 Å². The molecule has 4 amide bonds. The maximum atomic E-state index is 14.1. The number of benzene rings is 3. The van der Waals surface area contributed by atoms with Crippen LogP contribution in [-0.2, 0) is 22.7 Å². The van der Waals surface area contributed by atoms with Crippen molar-refractivity contribution in [3.05, 3.63) is 113 Å². The summed E-state index contributed by atoms with van der Waals surface area (Å²) in [5.41, 5.74) is 8.69. The third kappa shape index (κ3) is 6.56. The van der Waals surface area contributed by atoms with Crippen LogP contribution in [0.25, 0.3) is 5.69 Å². The summed E-state index contributed by atoms with van der Waals surface area (Å²) in [5.74, 6) is -0.975. The van der Waals surface area contributed by atoms with E-state index in [0.717, 1.165) is 16.8 Å². The predicted molar refractivity (Wildman–Crippen MR) is 155 cm³/mol. The van der Waals surface area contributed by atoms with Gasteiger partial charge in [-0.05, 0) is 41.5 Å². The van der Waals surface area contributed by atoms with Crippen LogP contribution in [0.1, 0.15) is 21.5 Å². The van der Waals surface area contributed by atoms with Gasteiger partial charge in [0, 0.05) is 31.2 Å². The zero-order valence-electron chi connectivity index (χ0n) is 22.2. The lowest BCUT2D eigenvalue weighted by atomic mass is 10.1. The van der Waals surface area contributed by atoms with Gasteiger partial charge in [-0.15, -0.1) is 0 Å². The Labute approximate surface area is 242 Å². The molecule has 1 aliphatic heterocycles. The minimum Gasteiger partial charge on any atom is -0.375 e. The van der Waals surface area contributed by atoms with Gasteiger partial charge >= 0.3 is 6.03 Å². The number of carbonyl (C=O) groups excluding carboxylic acids is 3. The van der Waals surface area contributed by atoms with Gasteiger partial charge in [-0.3, -0.25) is 9.59 Å². The highest BCUT2D eigenvalue weighted by Gasteiger charge is 2.34. The van der Waals surface area contributed by atoms with Crippen molar-refractivity contribution in [1.82, 2.24) is 20.0 Å². The SMILES string of the molecule is NC(=O)CNC(=O)N1Cc2ccccc2N(C(=O)c2ccc(-n3cccn3)cc2Cl)C[C@H]1COCc1ccccc1. The average Bonchev–Trinajstić information content (AvgIpc) is 3.47. The maximum Gasteiger partial charge on any atom is 0.318 e. The molecule has 3 N–H and O–H groups in total. The molecule has 4 aromatic rings. The van der Waals surface area contributed by atoms with Crippen LogP contribution in [0.3, 0.4) is 0 Å². The number of anilines is 1. The molecule has 210 valence electrons. The molecule has 0 radical (unpaired) electrons. The second kappa shape index (κ2) is 12.7. The standard InChI is InChI=1S/C30H29ClN6O4/c31-26-15-23(37-14-6-13-34-37)11-12-25(26)29(39)36-18-24(20-41-19-21-7-2-1-3-8-21)35(30(40)33-16-28(32)38)17-22-9-4-5-10-27(22)36/h1-15,24H,16-20H2,(H2,32,38)(H,33,40)/t24-/m0/s1. The first-order valence-electron chi connectivity index (χ1n) is 13.0. The van der Waals surface area contributed by atoms with Crippen molar-refractivity contribution in [2.75, 3.05) is 24.6 Å². The van der Waals surface area contributed by atoms with E-state index in [9.17, 15) is 14.4 Å². The van der Waals surface area contributed by atoms with E-state index in [4.69, 9.17) is 22.1 Å². The molecule has 11 heteroatoms. The Bertz CT molecular complexity index is 1530. The van der Waals surface area contributed by atoms with Crippen molar-refractivity contribution < 1.29 is 19.1 Å². The lowest BCUT2D eigenvalue weighted by Gasteiger charge is -2.32. The fourth-order valence-electron chi connectivity index (χ4n) is 4.74. The number of nitrogens with zero attached hydrogens (tertiary/aromatic N) is 4. The number of fused-ring (bicyclic) bond motifs is 1. The molecule has 0 spiro atoms. The molecule has 5 rings (SSSR count). The molecule has 0 aliphatic carbocycles. The highest BCUT2D eigenvalue weighted by Crippen LogP contribution is 2.31. The number of halogens is 1. The maximum absolute atomic E-state index is 14.1. The Morgan fingerprint density at radius 2 is 1.80 bits per heavy atom. The van der Waals surface area contributed by atoms with Crippen LogP contribution < -0.4 is 16.0 Å². The number of amides is 4. The lowest BCUT2D eigenvalue weighted by molar-refractivity contribution is -0.117. The van der Waals surface area contributed by atoms with E-state index in [2.05, 4.69) is 10.4 Å². The van der Waals surface area contributed by atoms with Gasteiger partial charge in [0.05, 0.1) is 42.1 Å². The van der Waals surface area contributed by atoms with E-state index in [-0.39, 0.29) is 37.2 Å². The van der Waals surface area contributed by atoms with Crippen LogP contribution in [0.4, 0.5) is 10.5 Å². The van der Waals surface area contributed by atoms with Crippen molar-refractivity contribution in [2.24, 2.45) is 5.73 Å². The summed E-state index contributed by atoms with van der Waals surface area (Å²) in [6.07, 6.45) is 3.45. The Morgan fingerprint density at radius 3 is 2.54 bits per heavy atom. The van der Waals surface area contributed by atoms with E-state index >= 15 is 0 Å². The normalized spacial score (nSPS) is 14.7. The largest absolute Gasteiger partial charge is 0.375 e. The molecule has 1 atom stereocenters. The highest BCUT2D eigenvalue weighted by molar-refractivity contribution is 6.34. The molecule has 1 aliphatic rings. The number of rotatable bonds is 8. The second-order valence-corrected chi connectivity index (χ2v) is 9.97. The third-order valence-corrected chi connectivity index (χ3v) is 7.06. The number of carbonyl (C=O) groups is 3. The highest BCUT2D eigenvalue weighted by atomic mass is 35.5. The molecule has 2 heterocycles. The fraction of sp³-hybridized carbons (Fsp3) is 0.200. The Hall–Kier alpha value is -4.67. The minimum absolute atomic E-state index is 0.131. The fourth-order valence-corrected chi connectivity index (χ4v) is 4.99. The van der Waals surface area contributed by atoms with Gasteiger partial charge in [-0.25, -0.2) is 9.48 Å². The lowest BCUT2D eigenvalue weighted by Crippen LogP contribution is -2.52. The van der Waals surface area contributed by atoms with Gasteiger partial charge in [-0.1, -0.05) is 60.1 Å². The van der Waals surface area contributed by atoms with Gasteiger partial charge in [0.1, 0.15) is 0 Å². The van der Waals surface area contributed by atoms with Crippen LogP contribution in [0.5, 0.6) is 0 Å². The Kier molecular flexibility index (Phi) is 8.61. The van der Waals surface area contributed by atoms with Crippen LogP contribution in [0.15, 0.2) is 91.3 Å². The quantitative estimate of drug-likeness (QED) is 0.333. The van der Waals surface area contributed by atoms with E-state index < -0.39 is 18.0 Å². The predicted octanol–water partition coefficient (Wildman–Crippen LogP) is 3.77. The Morgan fingerprint density at radius 1 is 1.02 bits per heavy atom. The first-order valence-corrected chi connectivity index (χ1v) is 13.4. The van der Waals surface area contributed by atoms with Crippen molar-refractivity contribution in [3.63, 3.8) is 0 Å². The molecular formula is C30H29ClN6O4. The number of ether oxygens (including phenoxy) is 1. The third-order valence-electron chi connectivity index (χ3n) is 6.75. The smallest absolute Gasteiger partial charge is 0.318 e. The van der Waals surface area contributed by atoms with Gasteiger partial charge < -0.3 is 25.6 Å². The zero-order valence-corrected chi connectivity index (χ0v) is 22.9. The molecule has 41 heavy (non-hydrogen) atoms. The van der Waals surface area contributed by atoms with Gasteiger partial charge in [-0.2, -0.15) is 5.10 Å². The molecule has 0 saturated heterocycles. The molecular weight excluding hydrogens is 544 g/mol. The summed E-state index contributed by atoms with van der Waals surface area (Å²) < 4.78 is 7.70. The zero-order chi connectivity index (χ0) is 28.8. The molecule has 0 fully saturated rings. The number of nitrogens with one attached hydrogen (secondary N) is 1. The van der Waals surface area contributed by atoms with Crippen LogP contribution in [0.2, 0.25) is 5.02 Å². The molecule has 0 bridgehead atoms. The number of para-hydroxylation sites is 1. The summed E-state index contributed by atoms with van der Waals surface area (Å²) in [7, 11) is 0. The second-order valence-electron chi connectivity index (χ2n) is 9.57. The number of urea groups is 1. The van der Waals surface area contributed by atoms with Crippen molar-refractivity contribution in [1.29, 1.82) is 0 Å². The first kappa shape index (κ1) is 27.9. The minimum atomic E-state index is -0.657. The number of hydrogen-bond donors (Lipinski definition) is 2. The van der Waals surface area contributed by atoms with Crippen LogP contribution >= 0.6 is 11.6 Å². The number of hydrogen-bond acceptors (Lipinski definition) is 5. The summed E-state index contributed by atoms with van der Waals surface area (Å²) in [6.45, 7) is 0.482. The van der Waals surface area contributed by atoms with Gasteiger partial charge in [0.25, 0.3) is 5.91 Å². The molecule has 0 unspecified atom stereocenters. The van der Waals surface area contributed by atoms with E-state index in [1.165, 1.54) is 0 Å². The Balaban J connectivity index is 1.46. The number of aromatic nitrogens is 2.